The number of para-hydroxylation sites is 1. The van der Waals surface area contributed by atoms with Gasteiger partial charge in [0.05, 0.1) is 0 Å². The highest BCUT2D eigenvalue weighted by molar-refractivity contribution is 5.83. The Bertz CT molecular complexity index is 448. The van der Waals surface area contributed by atoms with Gasteiger partial charge in [0, 0.05) is 36.8 Å². The SMILES string of the molecule is NCc1cn(CCCO)c2ccccc12. The highest BCUT2D eigenvalue weighted by atomic mass is 16.3. The van der Waals surface area contributed by atoms with E-state index in [1.807, 2.05) is 12.1 Å². The van der Waals surface area contributed by atoms with Gasteiger partial charge < -0.3 is 15.4 Å². The number of aromatic nitrogens is 1. The van der Waals surface area contributed by atoms with Crippen LogP contribution in [-0.2, 0) is 13.1 Å². The first-order valence-electron chi connectivity index (χ1n) is 5.24. The number of fused-ring (bicyclic) bond motifs is 1. The molecule has 3 nitrogen and oxygen atoms in total. The van der Waals surface area contributed by atoms with Crippen LogP contribution in [0.5, 0.6) is 0 Å². The average Bonchev–Trinajstić information content (AvgIpc) is 2.65. The lowest BCUT2D eigenvalue weighted by Crippen LogP contribution is -1.98. The maximum atomic E-state index is 8.83. The minimum atomic E-state index is 0.227. The number of nitrogens with zero attached hydrogens (tertiary/aromatic N) is 1. The summed E-state index contributed by atoms with van der Waals surface area (Å²) < 4.78 is 2.16. The topological polar surface area (TPSA) is 51.2 Å². The van der Waals surface area contributed by atoms with E-state index < -0.39 is 0 Å². The molecule has 1 heterocycles. The second kappa shape index (κ2) is 4.47. The molecule has 0 fully saturated rings. The van der Waals surface area contributed by atoms with Gasteiger partial charge in [-0.25, -0.2) is 0 Å². The number of hydrogen-bond acceptors (Lipinski definition) is 2. The fourth-order valence-electron chi connectivity index (χ4n) is 1.91. The first kappa shape index (κ1) is 10.2. The predicted octanol–water partition coefficient (Wildman–Crippen LogP) is 1.48. The number of aliphatic hydroxyl groups is 1. The molecule has 0 saturated heterocycles. The molecule has 0 aliphatic carbocycles. The monoisotopic (exact) mass is 204 g/mol. The number of rotatable bonds is 4. The van der Waals surface area contributed by atoms with Crippen LogP contribution in [0.15, 0.2) is 30.5 Å². The van der Waals surface area contributed by atoms with Crippen LogP contribution in [0.4, 0.5) is 0 Å². The summed E-state index contributed by atoms with van der Waals surface area (Å²) in [6, 6.07) is 8.23. The molecule has 3 N–H and O–H groups in total. The molecule has 1 aromatic carbocycles. The summed E-state index contributed by atoms with van der Waals surface area (Å²) >= 11 is 0. The zero-order valence-electron chi connectivity index (χ0n) is 8.69. The minimum absolute atomic E-state index is 0.227. The summed E-state index contributed by atoms with van der Waals surface area (Å²) in [5.41, 5.74) is 8.07. The van der Waals surface area contributed by atoms with Crippen LogP contribution in [0.3, 0.4) is 0 Å². The summed E-state index contributed by atoms with van der Waals surface area (Å²) in [7, 11) is 0. The fourth-order valence-corrected chi connectivity index (χ4v) is 1.91. The molecular weight excluding hydrogens is 188 g/mol. The molecule has 0 spiro atoms. The van der Waals surface area contributed by atoms with Crippen LogP contribution in [0.25, 0.3) is 10.9 Å². The lowest BCUT2D eigenvalue weighted by atomic mass is 10.2. The Kier molecular flexibility index (Phi) is 3.04. The first-order valence-corrected chi connectivity index (χ1v) is 5.24. The second-order valence-corrected chi connectivity index (χ2v) is 3.65. The van der Waals surface area contributed by atoms with Crippen molar-refractivity contribution in [1.29, 1.82) is 0 Å². The second-order valence-electron chi connectivity index (χ2n) is 3.65. The Hall–Kier alpha value is -1.32. The molecule has 80 valence electrons. The van der Waals surface area contributed by atoms with E-state index in [4.69, 9.17) is 10.8 Å². The fraction of sp³-hybridized carbons (Fsp3) is 0.333. The van der Waals surface area contributed by atoms with Crippen molar-refractivity contribution < 1.29 is 5.11 Å². The smallest absolute Gasteiger partial charge is 0.0483 e. The lowest BCUT2D eigenvalue weighted by Gasteiger charge is -2.02. The molecular formula is C12H16N2O. The molecule has 0 aliphatic heterocycles. The van der Waals surface area contributed by atoms with Crippen LogP contribution < -0.4 is 5.73 Å². The zero-order valence-corrected chi connectivity index (χ0v) is 8.69. The van der Waals surface area contributed by atoms with Crippen LogP contribution in [0, 0.1) is 0 Å². The zero-order chi connectivity index (χ0) is 10.7. The molecule has 3 heteroatoms. The van der Waals surface area contributed by atoms with Gasteiger partial charge in [0.2, 0.25) is 0 Å². The van der Waals surface area contributed by atoms with E-state index >= 15 is 0 Å². The van der Waals surface area contributed by atoms with Crippen molar-refractivity contribution in [2.45, 2.75) is 19.5 Å². The van der Waals surface area contributed by atoms with Crippen LogP contribution in [0.2, 0.25) is 0 Å². The minimum Gasteiger partial charge on any atom is -0.396 e. The number of hydrogen-bond donors (Lipinski definition) is 2. The number of benzene rings is 1. The summed E-state index contributed by atoms with van der Waals surface area (Å²) in [6.45, 7) is 1.63. The lowest BCUT2D eigenvalue weighted by molar-refractivity contribution is 0.280. The normalized spacial score (nSPS) is 11.1. The van der Waals surface area contributed by atoms with Crippen molar-refractivity contribution in [3.63, 3.8) is 0 Å². The third-order valence-electron chi connectivity index (χ3n) is 2.65. The maximum absolute atomic E-state index is 8.83. The molecule has 2 aromatic rings. The molecule has 15 heavy (non-hydrogen) atoms. The summed E-state index contributed by atoms with van der Waals surface area (Å²) in [5.74, 6) is 0. The highest BCUT2D eigenvalue weighted by Gasteiger charge is 2.05. The quantitative estimate of drug-likeness (QED) is 0.792. The van der Waals surface area contributed by atoms with Crippen LogP contribution in [0.1, 0.15) is 12.0 Å². The first-order chi connectivity index (χ1) is 7.36. The number of aliphatic hydroxyl groups excluding tert-OH is 1. The van der Waals surface area contributed by atoms with Gasteiger partial charge in [-0.05, 0) is 18.1 Å². The molecule has 1 aromatic heterocycles. The van der Waals surface area contributed by atoms with Gasteiger partial charge >= 0.3 is 0 Å². The average molecular weight is 204 g/mol. The van der Waals surface area contributed by atoms with E-state index in [2.05, 4.69) is 22.9 Å². The molecule has 0 amide bonds. The van der Waals surface area contributed by atoms with E-state index in [1.54, 1.807) is 0 Å². The van der Waals surface area contributed by atoms with Crippen molar-refractivity contribution in [3.05, 3.63) is 36.0 Å². The van der Waals surface area contributed by atoms with Gasteiger partial charge in [-0.2, -0.15) is 0 Å². The Labute approximate surface area is 89.1 Å². The maximum Gasteiger partial charge on any atom is 0.0483 e. The summed E-state index contributed by atoms with van der Waals surface area (Å²) in [6.07, 6.45) is 2.86. The van der Waals surface area contributed by atoms with Crippen LogP contribution in [-0.4, -0.2) is 16.3 Å². The van der Waals surface area contributed by atoms with Gasteiger partial charge in [0.25, 0.3) is 0 Å². The molecule has 0 saturated carbocycles. The van der Waals surface area contributed by atoms with E-state index in [1.165, 1.54) is 16.5 Å². The molecule has 0 bridgehead atoms. The molecule has 0 unspecified atom stereocenters. The van der Waals surface area contributed by atoms with Gasteiger partial charge in [-0.15, -0.1) is 0 Å². The van der Waals surface area contributed by atoms with Crippen LogP contribution >= 0.6 is 0 Å². The van der Waals surface area contributed by atoms with E-state index in [0.717, 1.165) is 13.0 Å². The number of nitrogens with two attached hydrogens (primary N) is 1. The Balaban J connectivity index is 2.45. The van der Waals surface area contributed by atoms with Crippen molar-refractivity contribution >= 4 is 10.9 Å². The molecule has 2 rings (SSSR count). The van der Waals surface area contributed by atoms with Gasteiger partial charge in [-0.3, -0.25) is 0 Å². The molecule has 0 atom stereocenters. The summed E-state index contributed by atoms with van der Waals surface area (Å²) in [4.78, 5) is 0. The van der Waals surface area contributed by atoms with Crippen molar-refractivity contribution in [3.8, 4) is 0 Å². The van der Waals surface area contributed by atoms with E-state index in [0.29, 0.717) is 6.54 Å². The van der Waals surface area contributed by atoms with Crippen molar-refractivity contribution in [2.24, 2.45) is 5.73 Å². The third kappa shape index (κ3) is 1.89. The molecule has 0 aliphatic rings. The summed E-state index contributed by atoms with van der Waals surface area (Å²) in [5, 5.41) is 10.0. The standard InChI is InChI=1S/C12H16N2O/c13-8-10-9-14(6-3-7-15)12-5-2-1-4-11(10)12/h1-2,4-5,9,15H,3,6-8,13H2. The van der Waals surface area contributed by atoms with E-state index in [-0.39, 0.29) is 6.61 Å². The largest absolute Gasteiger partial charge is 0.396 e. The Morgan fingerprint density at radius 2 is 2.07 bits per heavy atom. The van der Waals surface area contributed by atoms with Gasteiger partial charge in [-0.1, -0.05) is 18.2 Å². The third-order valence-corrected chi connectivity index (χ3v) is 2.65. The predicted molar refractivity (Wildman–Crippen MR) is 61.5 cm³/mol. The van der Waals surface area contributed by atoms with Crippen molar-refractivity contribution in [1.82, 2.24) is 4.57 Å². The van der Waals surface area contributed by atoms with Crippen molar-refractivity contribution in [2.75, 3.05) is 6.61 Å². The molecule has 0 radical (unpaired) electrons. The number of aryl methyl sites for hydroxylation is 1. The van der Waals surface area contributed by atoms with Gasteiger partial charge in [0.15, 0.2) is 0 Å². The van der Waals surface area contributed by atoms with E-state index in [9.17, 15) is 0 Å². The Morgan fingerprint density at radius 1 is 1.27 bits per heavy atom. The Morgan fingerprint density at radius 3 is 2.80 bits per heavy atom. The highest BCUT2D eigenvalue weighted by Crippen LogP contribution is 2.20. The van der Waals surface area contributed by atoms with Gasteiger partial charge in [0.1, 0.15) is 0 Å².